The van der Waals surface area contributed by atoms with Gasteiger partial charge < -0.3 is 10.3 Å². The van der Waals surface area contributed by atoms with Gasteiger partial charge in [-0.25, -0.2) is 4.39 Å². The summed E-state index contributed by atoms with van der Waals surface area (Å²) < 4.78 is 13.3. The molecule has 0 atom stereocenters. The van der Waals surface area contributed by atoms with E-state index in [0.29, 0.717) is 6.04 Å². The predicted molar refractivity (Wildman–Crippen MR) is 66.0 cm³/mol. The van der Waals surface area contributed by atoms with Crippen LogP contribution in [0.4, 0.5) is 4.39 Å². The van der Waals surface area contributed by atoms with E-state index in [1.54, 1.807) is 6.07 Å². The van der Waals surface area contributed by atoms with Gasteiger partial charge in [-0.3, -0.25) is 0 Å². The van der Waals surface area contributed by atoms with Crippen LogP contribution in [0.2, 0.25) is 0 Å². The Balaban J connectivity index is 1.89. The van der Waals surface area contributed by atoms with Crippen molar-refractivity contribution in [2.24, 2.45) is 0 Å². The van der Waals surface area contributed by atoms with Gasteiger partial charge in [0.1, 0.15) is 5.82 Å². The minimum absolute atomic E-state index is 0.173. The average molecular weight is 230 g/mol. The zero-order valence-corrected chi connectivity index (χ0v) is 9.54. The lowest BCUT2D eigenvalue weighted by atomic mass is 10.0. The topological polar surface area (TPSA) is 27.8 Å². The van der Waals surface area contributed by atoms with Crippen LogP contribution in [-0.2, 0) is 6.54 Å². The molecule has 1 aromatic heterocycles. The first-order valence-corrected chi connectivity index (χ1v) is 5.98. The zero-order chi connectivity index (χ0) is 11.7. The van der Waals surface area contributed by atoms with Crippen LogP contribution < -0.4 is 5.32 Å². The van der Waals surface area contributed by atoms with Gasteiger partial charge >= 0.3 is 0 Å². The Bertz CT molecular complexity index is 501. The van der Waals surface area contributed by atoms with E-state index < -0.39 is 0 Å². The molecule has 1 aromatic carbocycles. The molecule has 1 saturated carbocycles. The maximum Gasteiger partial charge on any atom is 0.123 e. The van der Waals surface area contributed by atoms with E-state index in [2.05, 4.69) is 10.3 Å². The fourth-order valence-electron chi connectivity index (χ4n) is 2.01. The van der Waals surface area contributed by atoms with Gasteiger partial charge in [0.05, 0.1) is 0 Å². The first-order valence-electron chi connectivity index (χ1n) is 5.98. The quantitative estimate of drug-likeness (QED) is 0.830. The van der Waals surface area contributed by atoms with E-state index in [4.69, 9.17) is 0 Å². The van der Waals surface area contributed by atoms with E-state index in [1.807, 2.05) is 24.4 Å². The molecule has 0 amide bonds. The second kappa shape index (κ2) is 4.34. The Kier molecular flexibility index (Phi) is 2.69. The van der Waals surface area contributed by atoms with Crippen molar-refractivity contribution >= 4 is 0 Å². The molecule has 1 aliphatic rings. The summed E-state index contributed by atoms with van der Waals surface area (Å²) in [5.74, 6) is -0.173. The Labute approximate surface area is 99.9 Å². The molecular formula is C14H15FN2. The van der Waals surface area contributed by atoms with Crippen molar-refractivity contribution in [2.45, 2.75) is 25.4 Å². The highest BCUT2D eigenvalue weighted by molar-refractivity contribution is 5.63. The molecule has 1 heterocycles. The van der Waals surface area contributed by atoms with E-state index in [0.717, 1.165) is 23.4 Å². The van der Waals surface area contributed by atoms with Gasteiger partial charge in [-0.1, -0.05) is 0 Å². The molecule has 0 aliphatic heterocycles. The second-order valence-electron chi connectivity index (χ2n) is 4.54. The summed E-state index contributed by atoms with van der Waals surface area (Å²) in [7, 11) is 0. The first-order chi connectivity index (χ1) is 8.33. The van der Waals surface area contributed by atoms with Crippen molar-refractivity contribution in [2.75, 3.05) is 0 Å². The lowest BCUT2D eigenvalue weighted by Gasteiger charge is -2.09. The molecule has 88 valence electrons. The summed E-state index contributed by atoms with van der Waals surface area (Å²) in [5.41, 5.74) is 3.13. The summed E-state index contributed by atoms with van der Waals surface area (Å²) in [6.07, 6.45) is 4.37. The number of nitrogens with one attached hydrogen (secondary N) is 2. The van der Waals surface area contributed by atoms with Crippen molar-refractivity contribution in [3.63, 3.8) is 0 Å². The molecule has 3 heteroatoms. The maximum atomic E-state index is 13.3. The van der Waals surface area contributed by atoms with E-state index in [-0.39, 0.29) is 5.82 Å². The third-order valence-electron chi connectivity index (χ3n) is 3.11. The number of rotatable bonds is 4. The number of hydrogen-bond acceptors (Lipinski definition) is 1. The Morgan fingerprint density at radius 1 is 1.29 bits per heavy atom. The summed E-state index contributed by atoms with van der Waals surface area (Å²) in [4.78, 5) is 3.17. The minimum atomic E-state index is -0.173. The third kappa shape index (κ3) is 2.39. The van der Waals surface area contributed by atoms with Crippen LogP contribution in [0.5, 0.6) is 0 Å². The monoisotopic (exact) mass is 230 g/mol. The Morgan fingerprint density at radius 3 is 2.88 bits per heavy atom. The van der Waals surface area contributed by atoms with Crippen molar-refractivity contribution in [1.29, 1.82) is 0 Å². The van der Waals surface area contributed by atoms with Crippen molar-refractivity contribution in [3.05, 3.63) is 47.9 Å². The van der Waals surface area contributed by atoms with Crippen LogP contribution in [0.15, 0.2) is 36.5 Å². The predicted octanol–water partition coefficient (Wildman–Crippen LogP) is 3.07. The summed E-state index contributed by atoms with van der Waals surface area (Å²) in [6, 6.07) is 9.56. The zero-order valence-electron chi connectivity index (χ0n) is 9.54. The van der Waals surface area contributed by atoms with Crippen LogP contribution in [0, 0.1) is 5.82 Å². The molecule has 0 spiro atoms. The van der Waals surface area contributed by atoms with Gasteiger partial charge in [0.2, 0.25) is 0 Å². The number of aromatic amines is 1. The second-order valence-corrected chi connectivity index (χ2v) is 4.54. The molecule has 2 N–H and O–H groups in total. The highest BCUT2D eigenvalue weighted by Crippen LogP contribution is 2.25. The molecule has 1 fully saturated rings. The smallest absolute Gasteiger partial charge is 0.123 e. The Hall–Kier alpha value is -1.61. The largest absolute Gasteiger partial charge is 0.361 e. The molecular weight excluding hydrogens is 215 g/mol. The maximum absolute atomic E-state index is 13.3. The lowest BCUT2D eigenvalue weighted by molar-refractivity contribution is 0.620. The summed E-state index contributed by atoms with van der Waals surface area (Å²) in [5, 5.41) is 3.42. The molecule has 3 rings (SSSR count). The number of hydrogen-bond donors (Lipinski definition) is 2. The molecule has 0 radical (unpaired) electrons. The van der Waals surface area contributed by atoms with Crippen molar-refractivity contribution < 1.29 is 4.39 Å². The highest BCUT2D eigenvalue weighted by atomic mass is 19.1. The van der Waals surface area contributed by atoms with Gasteiger partial charge in [0.15, 0.2) is 0 Å². The van der Waals surface area contributed by atoms with Gasteiger partial charge in [-0.15, -0.1) is 0 Å². The number of benzene rings is 1. The average Bonchev–Trinajstić information content (AvgIpc) is 3.00. The summed E-state index contributed by atoms with van der Waals surface area (Å²) in [6.45, 7) is 0.733. The molecule has 0 bridgehead atoms. The standard InChI is InChI=1S/C14H15FN2/c15-11-3-6-13(14-2-1-7-16-14)10(8-11)9-17-12-4-5-12/h1-3,6-8,12,16-17H,4-5,9H2. The van der Waals surface area contributed by atoms with Crippen LogP contribution in [0.25, 0.3) is 11.3 Å². The SMILES string of the molecule is Fc1ccc(-c2ccc[nH]2)c(CNC2CC2)c1. The van der Waals surface area contributed by atoms with E-state index in [1.165, 1.54) is 18.9 Å². The van der Waals surface area contributed by atoms with Crippen LogP contribution in [-0.4, -0.2) is 11.0 Å². The first kappa shape index (κ1) is 10.5. The van der Waals surface area contributed by atoms with Gasteiger partial charge in [-0.2, -0.15) is 0 Å². The normalized spacial score (nSPS) is 15.1. The highest BCUT2D eigenvalue weighted by Gasteiger charge is 2.20. The molecule has 0 saturated heterocycles. The van der Waals surface area contributed by atoms with Crippen LogP contribution in [0.1, 0.15) is 18.4 Å². The van der Waals surface area contributed by atoms with E-state index >= 15 is 0 Å². The minimum Gasteiger partial charge on any atom is -0.361 e. The molecule has 2 nitrogen and oxygen atoms in total. The van der Waals surface area contributed by atoms with Crippen molar-refractivity contribution in [3.8, 4) is 11.3 Å². The number of aromatic nitrogens is 1. The fourth-order valence-corrected chi connectivity index (χ4v) is 2.01. The fraction of sp³-hybridized carbons (Fsp3) is 0.286. The van der Waals surface area contributed by atoms with Gasteiger partial charge in [0, 0.05) is 30.0 Å². The molecule has 0 unspecified atom stereocenters. The Morgan fingerprint density at radius 2 is 2.18 bits per heavy atom. The van der Waals surface area contributed by atoms with Crippen molar-refractivity contribution in [1.82, 2.24) is 10.3 Å². The van der Waals surface area contributed by atoms with Gasteiger partial charge in [-0.05, 0) is 48.7 Å². The summed E-state index contributed by atoms with van der Waals surface area (Å²) >= 11 is 0. The molecule has 2 aromatic rings. The molecule has 17 heavy (non-hydrogen) atoms. The van der Waals surface area contributed by atoms with Crippen LogP contribution in [0.3, 0.4) is 0 Å². The van der Waals surface area contributed by atoms with E-state index in [9.17, 15) is 4.39 Å². The third-order valence-corrected chi connectivity index (χ3v) is 3.11. The molecule has 1 aliphatic carbocycles. The number of halogens is 1. The number of H-pyrrole nitrogens is 1. The lowest BCUT2D eigenvalue weighted by Crippen LogP contribution is -2.16. The van der Waals surface area contributed by atoms with Gasteiger partial charge in [0.25, 0.3) is 0 Å². The van der Waals surface area contributed by atoms with Crippen LogP contribution >= 0.6 is 0 Å².